The number of rotatable bonds is 2. The van der Waals surface area contributed by atoms with Crippen molar-refractivity contribution in [2.75, 3.05) is 0 Å². The normalized spacial score (nSPS) is 15.4. The van der Waals surface area contributed by atoms with Crippen molar-refractivity contribution < 1.29 is 0 Å². The van der Waals surface area contributed by atoms with E-state index in [9.17, 15) is 0 Å². The summed E-state index contributed by atoms with van der Waals surface area (Å²) in [4.78, 5) is 3.86. The zero-order valence-electron chi connectivity index (χ0n) is 7.70. The lowest BCUT2D eigenvalue weighted by atomic mass is 9.91. The molecule has 0 aliphatic carbocycles. The molecule has 1 nitrogen and oxygen atoms in total. The molecule has 3 heteroatoms. The van der Waals surface area contributed by atoms with E-state index >= 15 is 0 Å². The van der Waals surface area contributed by atoms with Crippen molar-refractivity contribution >= 4 is 28.4 Å². The summed E-state index contributed by atoms with van der Waals surface area (Å²) in [7, 11) is 0. The Morgan fingerprint density at radius 1 is 1.18 bits per heavy atom. The predicted octanol–water partition coefficient (Wildman–Crippen LogP) is 3.44. The van der Waals surface area contributed by atoms with E-state index < -0.39 is 0 Å². The molecule has 0 rings (SSSR count). The van der Waals surface area contributed by atoms with Gasteiger partial charge in [-0.2, -0.15) is 0 Å². The molecule has 0 aromatic rings. The average molecular weight is 196 g/mol. The van der Waals surface area contributed by atoms with Gasteiger partial charge in [0.1, 0.15) is 0 Å². The summed E-state index contributed by atoms with van der Waals surface area (Å²) in [6, 6.07) is 0. The summed E-state index contributed by atoms with van der Waals surface area (Å²) in [6.45, 7) is 9.54. The first kappa shape index (κ1) is 11.2. The molecule has 0 radical (unpaired) electrons. The molecule has 66 valence electrons. The van der Waals surface area contributed by atoms with Gasteiger partial charge in [0.05, 0.1) is 15.6 Å². The molecule has 0 saturated heterocycles. The molecule has 0 N–H and O–H groups in total. The molecule has 0 atom stereocenters. The van der Waals surface area contributed by atoms with Gasteiger partial charge in [0, 0.05) is 0 Å². The van der Waals surface area contributed by atoms with Gasteiger partial charge in [-0.05, 0) is 34.6 Å². The Bertz CT molecular complexity index is 161. The third kappa shape index (κ3) is 3.44. The standard InChI is InChI=1S/C8H15Cl2N/c1-6(9)11-8(4,5)7(2,3)10/h1-5H3. The summed E-state index contributed by atoms with van der Waals surface area (Å²) in [5.41, 5.74) is -0.319. The van der Waals surface area contributed by atoms with Crippen molar-refractivity contribution in [1.29, 1.82) is 0 Å². The SMILES string of the molecule is CC(Cl)=NC(C)(C)C(C)(C)Cl. The zero-order valence-corrected chi connectivity index (χ0v) is 9.22. The monoisotopic (exact) mass is 195 g/mol. The third-order valence-corrected chi connectivity index (χ3v) is 2.44. The van der Waals surface area contributed by atoms with E-state index in [0.717, 1.165) is 0 Å². The number of hydrogen-bond donors (Lipinski definition) is 0. The molecule has 0 aliphatic rings. The van der Waals surface area contributed by atoms with Crippen LogP contribution in [0.3, 0.4) is 0 Å². The van der Waals surface area contributed by atoms with Gasteiger partial charge in [-0.1, -0.05) is 11.6 Å². The van der Waals surface area contributed by atoms with Crippen LogP contribution in [0.2, 0.25) is 0 Å². The fourth-order valence-corrected chi connectivity index (χ4v) is 0.772. The lowest BCUT2D eigenvalue weighted by Gasteiger charge is -2.32. The first-order chi connectivity index (χ1) is 4.67. The molecule has 0 bridgehead atoms. The van der Waals surface area contributed by atoms with Crippen molar-refractivity contribution in [2.24, 2.45) is 4.99 Å². The van der Waals surface area contributed by atoms with Crippen molar-refractivity contribution in [1.82, 2.24) is 0 Å². The van der Waals surface area contributed by atoms with Crippen molar-refractivity contribution in [2.45, 2.75) is 45.0 Å². The van der Waals surface area contributed by atoms with Crippen LogP contribution in [-0.2, 0) is 0 Å². The summed E-state index contributed by atoms with van der Waals surface area (Å²) in [5, 5.41) is 0.545. The molecule has 0 saturated carbocycles. The Morgan fingerprint density at radius 3 is 1.64 bits per heavy atom. The summed E-state index contributed by atoms with van der Waals surface area (Å²) < 4.78 is 0. The van der Waals surface area contributed by atoms with Gasteiger partial charge < -0.3 is 0 Å². The van der Waals surface area contributed by atoms with Crippen molar-refractivity contribution in [3.05, 3.63) is 0 Å². The summed E-state index contributed by atoms with van der Waals surface area (Å²) in [6.07, 6.45) is 0. The molecule has 0 fully saturated rings. The minimum atomic E-state index is -0.372. The van der Waals surface area contributed by atoms with Crippen LogP contribution in [0.5, 0.6) is 0 Å². The maximum Gasteiger partial charge on any atom is 0.0979 e. The van der Waals surface area contributed by atoms with Crippen LogP contribution >= 0.6 is 23.2 Å². The number of alkyl halides is 1. The topological polar surface area (TPSA) is 12.4 Å². The van der Waals surface area contributed by atoms with Crippen LogP contribution in [0.4, 0.5) is 0 Å². The second-order valence-corrected chi connectivity index (χ2v) is 5.13. The van der Waals surface area contributed by atoms with Crippen LogP contribution in [-0.4, -0.2) is 15.6 Å². The third-order valence-electron chi connectivity index (χ3n) is 1.89. The Hall–Kier alpha value is 0.250. The van der Waals surface area contributed by atoms with E-state index in [1.165, 1.54) is 0 Å². The molecule has 0 aromatic heterocycles. The van der Waals surface area contributed by atoms with E-state index in [0.29, 0.717) is 5.17 Å². The molecule has 11 heavy (non-hydrogen) atoms. The highest BCUT2D eigenvalue weighted by Gasteiger charge is 2.34. The smallest absolute Gasteiger partial charge is 0.0979 e. The molecule has 0 unspecified atom stereocenters. The number of hydrogen-bond acceptors (Lipinski definition) is 1. The highest BCUT2D eigenvalue weighted by atomic mass is 35.5. The lowest BCUT2D eigenvalue weighted by Crippen LogP contribution is -2.39. The Labute approximate surface area is 78.8 Å². The van der Waals surface area contributed by atoms with E-state index in [1.54, 1.807) is 6.92 Å². The quantitative estimate of drug-likeness (QED) is 0.473. The van der Waals surface area contributed by atoms with E-state index in [1.807, 2.05) is 27.7 Å². The molecule has 0 heterocycles. The van der Waals surface area contributed by atoms with Crippen LogP contribution < -0.4 is 0 Å². The highest BCUT2D eigenvalue weighted by Crippen LogP contribution is 2.31. The first-order valence-electron chi connectivity index (χ1n) is 3.58. The molecule has 0 amide bonds. The second kappa shape index (κ2) is 3.32. The molecule has 0 spiro atoms. The van der Waals surface area contributed by atoms with Gasteiger partial charge in [-0.15, -0.1) is 11.6 Å². The van der Waals surface area contributed by atoms with E-state index in [4.69, 9.17) is 23.2 Å². The maximum atomic E-state index is 6.10. The molecular formula is C8H15Cl2N. The van der Waals surface area contributed by atoms with Gasteiger partial charge in [0.25, 0.3) is 0 Å². The molecule has 0 aromatic carbocycles. The van der Waals surface area contributed by atoms with E-state index in [2.05, 4.69) is 4.99 Å². The lowest BCUT2D eigenvalue weighted by molar-refractivity contribution is 0.408. The van der Waals surface area contributed by atoms with Gasteiger partial charge in [-0.3, -0.25) is 4.99 Å². The Balaban J connectivity index is 4.61. The van der Waals surface area contributed by atoms with Crippen LogP contribution in [0.25, 0.3) is 0 Å². The predicted molar refractivity (Wildman–Crippen MR) is 53.0 cm³/mol. The van der Waals surface area contributed by atoms with E-state index in [-0.39, 0.29) is 10.4 Å². The van der Waals surface area contributed by atoms with Gasteiger partial charge >= 0.3 is 0 Å². The zero-order chi connectivity index (χ0) is 9.28. The highest BCUT2D eigenvalue weighted by molar-refractivity contribution is 6.64. The molecule has 0 aliphatic heterocycles. The number of nitrogens with zero attached hydrogens (tertiary/aromatic N) is 1. The fraction of sp³-hybridized carbons (Fsp3) is 0.875. The second-order valence-electron chi connectivity index (χ2n) is 3.64. The number of aliphatic imine (C=N–C) groups is 1. The molecular weight excluding hydrogens is 181 g/mol. The minimum absolute atomic E-state index is 0.319. The summed E-state index contributed by atoms with van der Waals surface area (Å²) in [5.74, 6) is 0. The minimum Gasteiger partial charge on any atom is -0.270 e. The van der Waals surface area contributed by atoms with Gasteiger partial charge in [-0.25, -0.2) is 0 Å². The first-order valence-corrected chi connectivity index (χ1v) is 4.33. The largest absolute Gasteiger partial charge is 0.270 e. The maximum absolute atomic E-state index is 6.10. The van der Waals surface area contributed by atoms with Crippen LogP contribution in [0.15, 0.2) is 4.99 Å². The van der Waals surface area contributed by atoms with Crippen LogP contribution in [0, 0.1) is 0 Å². The average Bonchev–Trinajstić information content (AvgIpc) is 1.56. The van der Waals surface area contributed by atoms with Gasteiger partial charge in [0.15, 0.2) is 0 Å². The number of halogens is 2. The fourth-order valence-electron chi connectivity index (χ4n) is 0.518. The van der Waals surface area contributed by atoms with Gasteiger partial charge in [0.2, 0.25) is 0 Å². The summed E-state index contributed by atoms with van der Waals surface area (Å²) >= 11 is 11.8. The van der Waals surface area contributed by atoms with Crippen molar-refractivity contribution in [3.8, 4) is 0 Å². The van der Waals surface area contributed by atoms with Crippen molar-refractivity contribution in [3.63, 3.8) is 0 Å². The Kier molecular flexibility index (Phi) is 3.40. The Morgan fingerprint density at radius 2 is 1.55 bits per heavy atom. The van der Waals surface area contributed by atoms with Crippen LogP contribution in [0.1, 0.15) is 34.6 Å².